The molecule has 6 heteroatoms. The van der Waals surface area contributed by atoms with Crippen molar-refractivity contribution in [2.45, 2.75) is 115 Å². The number of rotatable bonds is 8. The van der Waals surface area contributed by atoms with Crippen molar-refractivity contribution < 1.29 is 14.4 Å². The van der Waals surface area contributed by atoms with Crippen molar-refractivity contribution >= 4 is 17.7 Å². The number of nitrogens with one attached hydrogen (secondary N) is 2. The van der Waals surface area contributed by atoms with Gasteiger partial charge in [-0.3, -0.25) is 14.4 Å². The predicted octanol–water partition coefficient (Wildman–Crippen LogP) is 5.06. The summed E-state index contributed by atoms with van der Waals surface area (Å²) in [7, 11) is 0. The molecular formula is C30H45N3O3. The van der Waals surface area contributed by atoms with Gasteiger partial charge in [0, 0.05) is 12.5 Å². The number of hydrogen-bond donors (Lipinski definition) is 2. The Bertz CT molecular complexity index is 910. The van der Waals surface area contributed by atoms with E-state index in [0.29, 0.717) is 13.0 Å². The molecule has 3 amide bonds. The van der Waals surface area contributed by atoms with Crippen LogP contribution in [0.4, 0.5) is 0 Å². The molecule has 0 unspecified atom stereocenters. The van der Waals surface area contributed by atoms with E-state index in [1.165, 1.54) is 17.5 Å². The summed E-state index contributed by atoms with van der Waals surface area (Å²) in [6.45, 7) is 4.61. The number of amides is 3. The largest absolute Gasteiger partial charge is 0.347 e. The summed E-state index contributed by atoms with van der Waals surface area (Å²) in [6.07, 6.45) is 12.5. The Balaban J connectivity index is 1.52. The number of nitrogens with zero attached hydrogens (tertiary/aromatic N) is 1. The van der Waals surface area contributed by atoms with Crippen molar-refractivity contribution in [1.82, 2.24) is 15.5 Å². The van der Waals surface area contributed by atoms with E-state index in [1.807, 2.05) is 17.9 Å². The topological polar surface area (TPSA) is 78.5 Å². The number of benzene rings is 1. The molecule has 4 rings (SSSR count). The normalized spacial score (nSPS) is 24.3. The lowest BCUT2D eigenvalue weighted by Gasteiger charge is -2.37. The van der Waals surface area contributed by atoms with E-state index in [-0.39, 0.29) is 35.6 Å². The molecule has 2 fully saturated rings. The fraction of sp³-hybridized carbons (Fsp3) is 0.700. The van der Waals surface area contributed by atoms with Crippen LogP contribution in [0.1, 0.15) is 108 Å². The summed E-state index contributed by atoms with van der Waals surface area (Å²) in [5, 5.41) is 6.46. The Hall–Kier alpha value is -2.37. The van der Waals surface area contributed by atoms with Crippen LogP contribution < -0.4 is 10.6 Å². The van der Waals surface area contributed by atoms with Crippen LogP contribution in [0.25, 0.3) is 0 Å². The van der Waals surface area contributed by atoms with E-state index in [4.69, 9.17) is 0 Å². The van der Waals surface area contributed by atoms with E-state index in [1.54, 1.807) is 0 Å². The molecular weight excluding hydrogens is 450 g/mol. The van der Waals surface area contributed by atoms with Crippen molar-refractivity contribution in [2.24, 2.45) is 11.8 Å². The standard InChI is InChI=1S/C30H45N3O3/c1-3-12-21(2)28(34)32-27(23-14-6-4-7-15-23)30(36)33-20-11-5-8-17-26(33)29(35)31-25-19-18-22-13-9-10-16-24(22)25/h9-10,13,16,21,23,25-27H,3-8,11-12,14-15,17-20H2,1-2H3,(H,31,35)(H,32,34)/t21-,25-,26+,27+/m1/s1. The number of carbonyl (C=O) groups is 3. The molecule has 4 atom stereocenters. The van der Waals surface area contributed by atoms with Gasteiger partial charge in [-0.25, -0.2) is 0 Å². The number of fused-ring (bicyclic) bond motifs is 1. The van der Waals surface area contributed by atoms with Crippen molar-refractivity contribution in [3.05, 3.63) is 35.4 Å². The molecule has 0 bridgehead atoms. The molecule has 0 aromatic heterocycles. The number of carbonyl (C=O) groups excluding carboxylic acids is 3. The van der Waals surface area contributed by atoms with Gasteiger partial charge in [0.1, 0.15) is 12.1 Å². The second-order valence-corrected chi connectivity index (χ2v) is 11.3. The molecule has 1 saturated carbocycles. The summed E-state index contributed by atoms with van der Waals surface area (Å²) in [5.74, 6) is -0.0794. The maximum absolute atomic E-state index is 14.1. The monoisotopic (exact) mass is 495 g/mol. The van der Waals surface area contributed by atoms with Gasteiger partial charge in [-0.2, -0.15) is 0 Å². The van der Waals surface area contributed by atoms with Gasteiger partial charge in [-0.05, 0) is 62.0 Å². The molecule has 1 aromatic rings. The maximum Gasteiger partial charge on any atom is 0.246 e. The minimum atomic E-state index is -0.530. The van der Waals surface area contributed by atoms with Gasteiger partial charge in [0.25, 0.3) is 0 Å². The van der Waals surface area contributed by atoms with Gasteiger partial charge >= 0.3 is 0 Å². The molecule has 1 aromatic carbocycles. The first-order chi connectivity index (χ1) is 17.5. The fourth-order valence-corrected chi connectivity index (χ4v) is 6.51. The van der Waals surface area contributed by atoms with Crippen molar-refractivity contribution in [1.29, 1.82) is 0 Å². The molecule has 2 aliphatic carbocycles. The second-order valence-electron chi connectivity index (χ2n) is 11.3. The van der Waals surface area contributed by atoms with Gasteiger partial charge in [0.15, 0.2) is 0 Å². The van der Waals surface area contributed by atoms with Crippen LogP contribution in [0.5, 0.6) is 0 Å². The fourth-order valence-electron chi connectivity index (χ4n) is 6.51. The van der Waals surface area contributed by atoms with E-state index in [0.717, 1.165) is 70.6 Å². The van der Waals surface area contributed by atoms with Crippen LogP contribution in [-0.2, 0) is 20.8 Å². The maximum atomic E-state index is 14.1. The quantitative estimate of drug-likeness (QED) is 0.529. The average Bonchev–Trinajstić information content (AvgIpc) is 3.13. The first-order valence-electron chi connectivity index (χ1n) is 14.5. The molecule has 198 valence electrons. The van der Waals surface area contributed by atoms with Gasteiger partial charge in [-0.15, -0.1) is 0 Å². The summed E-state index contributed by atoms with van der Waals surface area (Å²) < 4.78 is 0. The molecule has 36 heavy (non-hydrogen) atoms. The number of hydrogen-bond acceptors (Lipinski definition) is 3. The van der Waals surface area contributed by atoms with Gasteiger partial charge in [0.2, 0.25) is 17.7 Å². The highest BCUT2D eigenvalue weighted by atomic mass is 16.2. The minimum Gasteiger partial charge on any atom is -0.347 e. The third-order valence-electron chi connectivity index (χ3n) is 8.64. The van der Waals surface area contributed by atoms with Crippen molar-refractivity contribution in [3.63, 3.8) is 0 Å². The molecule has 6 nitrogen and oxygen atoms in total. The Morgan fingerprint density at radius 2 is 1.69 bits per heavy atom. The number of likely N-dealkylation sites (tertiary alicyclic amines) is 1. The smallest absolute Gasteiger partial charge is 0.246 e. The zero-order valence-corrected chi connectivity index (χ0v) is 22.3. The van der Waals surface area contributed by atoms with Crippen molar-refractivity contribution in [3.8, 4) is 0 Å². The molecule has 0 spiro atoms. The van der Waals surface area contributed by atoms with Crippen LogP contribution in [0, 0.1) is 11.8 Å². The van der Waals surface area contributed by atoms with E-state index in [9.17, 15) is 14.4 Å². The van der Waals surface area contributed by atoms with Crippen LogP contribution >= 0.6 is 0 Å². The SMILES string of the molecule is CCC[C@@H](C)C(=O)N[C@H](C(=O)N1CCCCC[C@H]1C(=O)N[C@@H]1CCc2ccccc21)C1CCCCC1. The Morgan fingerprint density at radius 3 is 2.47 bits per heavy atom. The Labute approximate surface area is 217 Å². The average molecular weight is 496 g/mol. The Kier molecular flexibility index (Phi) is 9.44. The van der Waals surface area contributed by atoms with E-state index in [2.05, 4.69) is 35.8 Å². The van der Waals surface area contributed by atoms with Crippen molar-refractivity contribution in [2.75, 3.05) is 6.54 Å². The lowest BCUT2D eigenvalue weighted by Crippen LogP contribution is -2.58. The number of aryl methyl sites for hydroxylation is 1. The summed E-state index contributed by atoms with van der Waals surface area (Å²) in [4.78, 5) is 42.7. The van der Waals surface area contributed by atoms with Gasteiger partial charge < -0.3 is 15.5 Å². The second kappa shape index (κ2) is 12.7. The zero-order chi connectivity index (χ0) is 25.5. The highest BCUT2D eigenvalue weighted by Gasteiger charge is 2.40. The highest BCUT2D eigenvalue weighted by Crippen LogP contribution is 2.32. The lowest BCUT2D eigenvalue weighted by molar-refractivity contribution is -0.145. The molecule has 3 aliphatic rings. The third kappa shape index (κ3) is 6.30. The Morgan fingerprint density at radius 1 is 0.972 bits per heavy atom. The first kappa shape index (κ1) is 26.7. The highest BCUT2D eigenvalue weighted by molar-refractivity contribution is 5.93. The summed E-state index contributed by atoms with van der Waals surface area (Å²) >= 11 is 0. The molecule has 1 saturated heterocycles. The molecule has 2 N–H and O–H groups in total. The van der Waals surface area contributed by atoms with Crippen LogP contribution in [0.3, 0.4) is 0 Å². The van der Waals surface area contributed by atoms with E-state index < -0.39 is 12.1 Å². The van der Waals surface area contributed by atoms with Crippen LogP contribution in [-0.4, -0.2) is 41.2 Å². The van der Waals surface area contributed by atoms with Crippen LogP contribution in [0.2, 0.25) is 0 Å². The summed E-state index contributed by atoms with van der Waals surface area (Å²) in [6, 6.07) is 7.34. The zero-order valence-electron chi connectivity index (χ0n) is 22.3. The molecule has 1 heterocycles. The third-order valence-corrected chi connectivity index (χ3v) is 8.64. The minimum absolute atomic E-state index is 0.0117. The molecule has 1 aliphatic heterocycles. The first-order valence-corrected chi connectivity index (χ1v) is 14.5. The predicted molar refractivity (Wildman–Crippen MR) is 142 cm³/mol. The van der Waals surface area contributed by atoms with Gasteiger partial charge in [-0.1, -0.05) is 76.6 Å². The van der Waals surface area contributed by atoms with Gasteiger partial charge in [0.05, 0.1) is 6.04 Å². The molecule has 0 radical (unpaired) electrons. The summed E-state index contributed by atoms with van der Waals surface area (Å²) in [5.41, 5.74) is 2.51. The van der Waals surface area contributed by atoms with E-state index >= 15 is 0 Å². The lowest BCUT2D eigenvalue weighted by atomic mass is 9.82. The van der Waals surface area contributed by atoms with Crippen LogP contribution in [0.15, 0.2) is 24.3 Å².